The maximum atomic E-state index is 10.8. The van der Waals surface area contributed by atoms with Crippen LogP contribution in [0.3, 0.4) is 0 Å². The van der Waals surface area contributed by atoms with Crippen molar-refractivity contribution in [2.24, 2.45) is 11.3 Å². The van der Waals surface area contributed by atoms with Crippen LogP contribution in [0.15, 0.2) is 18.2 Å². The van der Waals surface area contributed by atoms with E-state index >= 15 is 0 Å². The molecule has 108 valence electrons. The number of hydrogen-bond acceptors (Lipinski definition) is 2. The van der Waals surface area contributed by atoms with E-state index in [1.165, 1.54) is 12.0 Å². The molecule has 0 aliphatic heterocycles. The molecule has 1 unspecified atom stereocenters. The van der Waals surface area contributed by atoms with Gasteiger partial charge in [-0.1, -0.05) is 31.5 Å². The summed E-state index contributed by atoms with van der Waals surface area (Å²) in [6, 6.07) is 8.46. The number of nitrogens with zero attached hydrogens (tertiary/aromatic N) is 1. The fourth-order valence-electron chi connectivity index (χ4n) is 3.42. The van der Waals surface area contributed by atoms with Crippen molar-refractivity contribution >= 4 is 0 Å². The van der Waals surface area contributed by atoms with E-state index in [1.54, 1.807) is 0 Å². The molecule has 1 saturated carbocycles. The molecule has 1 aromatic carbocycles. The van der Waals surface area contributed by atoms with Crippen LogP contribution in [0, 0.1) is 36.5 Å². The molecule has 1 aromatic rings. The molecule has 1 aliphatic rings. The van der Waals surface area contributed by atoms with E-state index < -0.39 is 11.5 Å². The average molecular weight is 271 g/mol. The minimum absolute atomic E-state index is 0.593. The number of rotatable bonds is 3. The molecule has 0 aromatic heterocycles. The van der Waals surface area contributed by atoms with Gasteiger partial charge in [-0.2, -0.15) is 5.26 Å². The molecule has 1 aliphatic carbocycles. The van der Waals surface area contributed by atoms with Crippen molar-refractivity contribution in [3.63, 3.8) is 0 Å². The highest BCUT2D eigenvalue weighted by molar-refractivity contribution is 5.36. The van der Waals surface area contributed by atoms with E-state index in [0.717, 1.165) is 42.7 Å². The van der Waals surface area contributed by atoms with Gasteiger partial charge in [-0.3, -0.25) is 0 Å². The third kappa shape index (κ3) is 2.60. The monoisotopic (exact) mass is 271 g/mol. The van der Waals surface area contributed by atoms with Crippen LogP contribution in [0.2, 0.25) is 0 Å². The van der Waals surface area contributed by atoms with Crippen molar-refractivity contribution in [1.82, 2.24) is 0 Å². The summed E-state index contributed by atoms with van der Waals surface area (Å²) in [6.07, 6.45) is 4.27. The molecule has 2 heteroatoms. The smallest absolute Gasteiger partial charge is 0.0978 e. The van der Waals surface area contributed by atoms with Crippen LogP contribution in [0.25, 0.3) is 0 Å². The zero-order valence-corrected chi connectivity index (χ0v) is 12.8. The molecule has 0 radical (unpaired) electrons. The second-order valence-corrected chi connectivity index (χ2v) is 6.31. The van der Waals surface area contributed by atoms with E-state index in [4.69, 9.17) is 0 Å². The summed E-state index contributed by atoms with van der Waals surface area (Å²) in [7, 11) is 0. The lowest BCUT2D eigenvalue weighted by molar-refractivity contribution is 0.0238. The van der Waals surface area contributed by atoms with Gasteiger partial charge in [0.05, 0.1) is 17.6 Å². The Bertz CT molecular complexity index is 507. The number of nitriles is 1. The molecule has 0 amide bonds. The summed E-state index contributed by atoms with van der Waals surface area (Å²) >= 11 is 0. The SMILES string of the molecule is CCC1CCC(C#N)(C(O)c2cccc(C)c2C)CC1. The maximum absolute atomic E-state index is 10.8. The second kappa shape index (κ2) is 5.97. The van der Waals surface area contributed by atoms with Crippen LogP contribution >= 0.6 is 0 Å². The lowest BCUT2D eigenvalue weighted by Gasteiger charge is -2.38. The Kier molecular flexibility index (Phi) is 4.50. The van der Waals surface area contributed by atoms with Crippen LogP contribution in [0.1, 0.15) is 61.8 Å². The fourth-order valence-corrected chi connectivity index (χ4v) is 3.42. The van der Waals surface area contributed by atoms with Gasteiger partial charge in [-0.15, -0.1) is 0 Å². The number of benzene rings is 1. The van der Waals surface area contributed by atoms with Gasteiger partial charge in [0, 0.05) is 0 Å². The van der Waals surface area contributed by atoms with E-state index in [1.807, 2.05) is 19.1 Å². The standard InChI is InChI=1S/C18H25NO/c1-4-15-8-10-18(12-19,11-9-15)17(20)16-7-5-6-13(2)14(16)3/h5-7,15,17,20H,4,8-11H2,1-3H3. The highest BCUT2D eigenvalue weighted by atomic mass is 16.3. The Labute approximate surface area is 122 Å². The van der Waals surface area contributed by atoms with Gasteiger partial charge in [-0.05, 0) is 62.1 Å². The van der Waals surface area contributed by atoms with E-state index in [2.05, 4.69) is 26.0 Å². The van der Waals surface area contributed by atoms with Gasteiger partial charge in [0.15, 0.2) is 0 Å². The van der Waals surface area contributed by atoms with Gasteiger partial charge >= 0.3 is 0 Å². The quantitative estimate of drug-likeness (QED) is 0.882. The van der Waals surface area contributed by atoms with Gasteiger partial charge < -0.3 is 5.11 Å². The zero-order chi connectivity index (χ0) is 14.8. The van der Waals surface area contributed by atoms with Crippen LogP contribution < -0.4 is 0 Å². The maximum Gasteiger partial charge on any atom is 0.0978 e. The average Bonchev–Trinajstić information content (AvgIpc) is 2.49. The number of aliphatic hydroxyl groups is 1. The topological polar surface area (TPSA) is 44.0 Å². The molecule has 20 heavy (non-hydrogen) atoms. The van der Waals surface area contributed by atoms with E-state index in [0.29, 0.717) is 0 Å². The van der Waals surface area contributed by atoms with Gasteiger partial charge in [-0.25, -0.2) is 0 Å². The van der Waals surface area contributed by atoms with Gasteiger partial charge in [0.25, 0.3) is 0 Å². The Morgan fingerprint density at radius 2 is 2.00 bits per heavy atom. The Hall–Kier alpha value is -1.33. The van der Waals surface area contributed by atoms with Crippen molar-refractivity contribution in [2.45, 2.75) is 59.0 Å². The predicted molar refractivity (Wildman–Crippen MR) is 81.2 cm³/mol. The number of aryl methyl sites for hydroxylation is 1. The van der Waals surface area contributed by atoms with Crippen molar-refractivity contribution in [1.29, 1.82) is 5.26 Å². The summed E-state index contributed by atoms with van der Waals surface area (Å²) in [4.78, 5) is 0. The third-order valence-electron chi connectivity index (χ3n) is 5.26. The van der Waals surface area contributed by atoms with Crippen molar-refractivity contribution in [3.8, 4) is 6.07 Å². The molecule has 0 heterocycles. The molecule has 2 rings (SSSR count). The van der Waals surface area contributed by atoms with Crippen molar-refractivity contribution in [2.75, 3.05) is 0 Å². The van der Waals surface area contributed by atoms with Gasteiger partial charge in [0.1, 0.15) is 0 Å². The summed E-state index contributed by atoms with van der Waals surface area (Å²) in [5, 5.41) is 20.5. The molecule has 0 spiro atoms. The lowest BCUT2D eigenvalue weighted by Crippen LogP contribution is -2.32. The fraction of sp³-hybridized carbons (Fsp3) is 0.611. The molecule has 0 saturated heterocycles. The first-order valence-corrected chi connectivity index (χ1v) is 7.69. The molecule has 0 bridgehead atoms. The van der Waals surface area contributed by atoms with Crippen molar-refractivity contribution in [3.05, 3.63) is 34.9 Å². The summed E-state index contributed by atoms with van der Waals surface area (Å²) in [5.41, 5.74) is 2.63. The van der Waals surface area contributed by atoms with E-state index in [9.17, 15) is 10.4 Å². The Morgan fingerprint density at radius 1 is 1.35 bits per heavy atom. The van der Waals surface area contributed by atoms with Crippen LogP contribution in [0.5, 0.6) is 0 Å². The van der Waals surface area contributed by atoms with Crippen LogP contribution in [-0.2, 0) is 0 Å². The molecule has 1 fully saturated rings. The minimum atomic E-state index is -0.662. The second-order valence-electron chi connectivity index (χ2n) is 6.31. The first kappa shape index (κ1) is 15.1. The third-order valence-corrected chi connectivity index (χ3v) is 5.26. The summed E-state index contributed by atoms with van der Waals surface area (Å²) in [5.74, 6) is 0.724. The minimum Gasteiger partial charge on any atom is -0.387 e. The van der Waals surface area contributed by atoms with E-state index in [-0.39, 0.29) is 0 Å². The number of hydrogen-bond donors (Lipinski definition) is 1. The highest BCUT2D eigenvalue weighted by Crippen LogP contribution is 2.48. The lowest BCUT2D eigenvalue weighted by atomic mass is 9.66. The highest BCUT2D eigenvalue weighted by Gasteiger charge is 2.42. The molecular weight excluding hydrogens is 246 g/mol. The zero-order valence-electron chi connectivity index (χ0n) is 12.8. The predicted octanol–water partition coefficient (Wildman–Crippen LogP) is 4.45. The molecule has 2 nitrogen and oxygen atoms in total. The van der Waals surface area contributed by atoms with Crippen molar-refractivity contribution < 1.29 is 5.11 Å². The normalized spacial score (nSPS) is 27.9. The van der Waals surface area contributed by atoms with Crippen LogP contribution in [-0.4, -0.2) is 5.11 Å². The first-order chi connectivity index (χ1) is 9.54. The molecule has 1 atom stereocenters. The van der Waals surface area contributed by atoms with Gasteiger partial charge in [0.2, 0.25) is 0 Å². The Morgan fingerprint density at radius 3 is 2.55 bits per heavy atom. The largest absolute Gasteiger partial charge is 0.387 e. The Balaban J connectivity index is 2.28. The number of aliphatic hydroxyl groups excluding tert-OH is 1. The first-order valence-electron chi connectivity index (χ1n) is 7.69. The molecule has 1 N–H and O–H groups in total. The van der Waals surface area contributed by atoms with Crippen LogP contribution in [0.4, 0.5) is 0 Å². The summed E-state index contributed by atoms with van der Waals surface area (Å²) in [6.45, 7) is 6.31. The summed E-state index contributed by atoms with van der Waals surface area (Å²) < 4.78 is 0. The molecular formula is C18H25NO.